The summed E-state index contributed by atoms with van der Waals surface area (Å²) in [5.74, 6) is 0.458. The molecule has 20 heavy (non-hydrogen) atoms. The Balaban J connectivity index is 2.25. The van der Waals surface area contributed by atoms with Crippen molar-refractivity contribution in [3.63, 3.8) is 0 Å². The largest absolute Gasteiger partial charge is 0.330 e. The van der Waals surface area contributed by atoms with Crippen LogP contribution in [0.2, 0.25) is 0 Å². The van der Waals surface area contributed by atoms with Gasteiger partial charge in [0.25, 0.3) is 0 Å². The maximum Gasteiger partial charge on any atom is 0.155 e. The molecule has 0 saturated heterocycles. The van der Waals surface area contributed by atoms with Crippen molar-refractivity contribution in [1.29, 1.82) is 0 Å². The van der Waals surface area contributed by atoms with E-state index in [-0.39, 0.29) is 16.4 Å². The van der Waals surface area contributed by atoms with E-state index in [4.69, 9.17) is 5.73 Å². The number of hydrogen-bond acceptors (Lipinski definition) is 3. The Labute approximate surface area is 122 Å². The molecule has 3 unspecified atom stereocenters. The molecule has 2 rings (SSSR count). The second kappa shape index (κ2) is 6.27. The fourth-order valence-corrected chi connectivity index (χ4v) is 5.22. The van der Waals surface area contributed by atoms with E-state index in [1.165, 1.54) is 5.56 Å². The Morgan fingerprint density at radius 2 is 1.85 bits per heavy atom. The molecule has 2 N–H and O–H groups in total. The molecule has 1 aromatic carbocycles. The number of benzene rings is 1. The van der Waals surface area contributed by atoms with Gasteiger partial charge in [0, 0.05) is 0 Å². The van der Waals surface area contributed by atoms with E-state index < -0.39 is 9.84 Å². The minimum atomic E-state index is -3.08. The van der Waals surface area contributed by atoms with Crippen LogP contribution in [-0.4, -0.2) is 25.5 Å². The van der Waals surface area contributed by atoms with E-state index in [1.807, 2.05) is 18.2 Å². The van der Waals surface area contributed by atoms with Crippen LogP contribution in [0.5, 0.6) is 0 Å². The van der Waals surface area contributed by atoms with Crippen LogP contribution in [0.15, 0.2) is 30.3 Å². The molecule has 1 aliphatic rings. The van der Waals surface area contributed by atoms with Crippen LogP contribution >= 0.6 is 0 Å². The molecular formula is C16H25NO2S. The first-order valence-corrected chi connectivity index (χ1v) is 9.05. The van der Waals surface area contributed by atoms with Crippen LogP contribution in [-0.2, 0) is 9.84 Å². The molecule has 0 aromatic heterocycles. The molecule has 112 valence electrons. The van der Waals surface area contributed by atoms with Gasteiger partial charge < -0.3 is 5.73 Å². The van der Waals surface area contributed by atoms with Gasteiger partial charge in [-0.3, -0.25) is 0 Å². The quantitative estimate of drug-likeness (QED) is 0.929. The van der Waals surface area contributed by atoms with Crippen molar-refractivity contribution < 1.29 is 8.42 Å². The number of nitrogens with two attached hydrogens (primary N) is 1. The van der Waals surface area contributed by atoms with Crippen LogP contribution in [0.25, 0.3) is 0 Å². The summed E-state index contributed by atoms with van der Waals surface area (Å²) in [5, 5.41) is -0.609. The van der Waals surface area contributed by atoms with Crippen molar-refractivity contribution in [3.8, 4) is 0 Å². The van der Waals surface area contributed by atoms with Crippen LogP contribution in [0, 0.1) is 5.92 Å². The van der Waals surface area contributed by atoms with Crippen molar-refractivity contribution in [2.75, 3.05) is 6.54 Å². The molecule has 0 spiro atoms. The third-order valence-electron chi connectivity index (χ3n) is 4.58. The molecule has 3 atom stereocenters. The Morgan fingerprint density at radius 1 is 1.20 bits per heavy atom. The monoisotopic (exact) mass is 295 g/mol. The van der Waals surface area contributed by atoms with E-state index in [9.17, 15) is 8.42 Å². The third-order valence-corrected chi connectivity index (χ3v) is 7.32. The van der Waals surface area contributed by atoms with Gasteiger partial charge in [0.15, 0.2) is 9.84 Å². The van der Waals surface area contributed by atoms with E-state index in [2.05, 4.69) is 12.1 Å². The SMILES string of the molecule is CC(C)S(=O)(=O)C1CC(c2ccccc2)CCC1CN. The summed E-state index contributed by atoms with van der Waals surface area (Å²) in [5.41, 5.74) is 7.07. The van der Waals surface area contributed by atoms with Gasteiger partial charge in [0.05, 0.1) is 10.5 Å². The first-order valence-electron chi connectivity index (χ1n) is 7.44. The van der Waals surface area contributed by atoms with Gasteiger partial charge in [0.2, 0.25) is 0 Å². The van der Waals surface area contributed by atoms with Crippen molar-refractivity contribution in [1.82, 2.24) is 0 Å². The Bertz CT molecular complexity index is 525. The maximum absolute atomic E-state index is 12.6. The fraction of sp³-hybridized carbons (Fsp3) is 0.625. The lowest BCUT2D eigenvalue weighted by molar-refractivity contribution is 0.331. The van der Waals surface area contributed by atoms with E-state index >= 15 is 0 Å². The summed E-state index contributed by atoms with van der Waals surface area (Å²) < 4.78 is 25.2. The number of rotatable bonds is 4. The summed E-state index contributed by atoms with van der Waals surface area (Å²) in [6.07, 6.45) is 2.66. The Hall–Kier alpha value is -0.870. The summed E-state index contributed by atoms with van der Waals surface area (Å²) in [6.45, 7) is 4.02. The second-order valence-electron chi connectivity index (χ2n) is 6.09. The summed E-state index contributed by atoms with van der Waals surface area (Å²) in [4.78, 5) is 0. The minimum Gasteiger partial charge on any atom is -0.330 e. The van der Waals surface area contributed by atoms with Crippen LogP contribution in [0.1, 0.15) is 44.6 Å². The molecule has 1 saturated carbocycles. The summed E-state index contributed by atoms with van der Waals surface area (Å²) in [6, 6.07) is 10.3. The predicted octanol–water partition coefficient (Wildman–Crippen LogP) is 2.72. The molecule has 0 radical (unpaired) electrons. The highest BCUT2D eigenvalue weighted by Gasteiger charge is 2.39. The Kier molecular flexibility index (Phi) is 4.86. The summed E-state index contributed by atoms with van der Waals surface area (Å²) in [7, 11) is -3.08. The molecule has 0 bridgehead atoms. The molecule has 4 heteroatoms. The molecule has 0 heterocycles. The van der Waals surface area contributed by atoms with Gasteiger partial charge in [-0.25, -0.2) is 8.42 Å². The lowest BCUT2D eigenvalue weighted by atomic mass is 9.78. The zero-order chi connectivity index (χ0) is 14.8. The summed E-state index contributed by atoms with van der Waals surface area (Å²) >= 11 is 0. The molecular weight excluding hydrogens is 270 g/mol. The zero-order valence-electron chi connectivity index (χ0n) is 12.3. The average molecular weight is 295 g/mol. The highest BCUT2D eigenvalue weighted by Crippen LogP contribution is 2.39. The lowest BCUT2D eigenvalue weighted by Gasteiger charge is -2.36. The number of sulfone groups is 1. The highest BCUT2D eigenvalue weighted by atomic mass is 32.2. The van der Waals surface area contributed by atoms with Gasteiger partial charge in [-0.1, -0.05) is 30.3 Å². The molecule has 1 aromatic rings. The number of hydrogen-bond donors (Lipinski definition) is 1. The van der Waals surface area contributed by atoms with Gasteiger partial charge in [-0.05, 0) is 57.1 Å². The van der Waals surface area contributed by atoms with Crippen LogP contribution in [0.3, 0.4) is 0 Å². The van der Waals surface area contributed by atoms with Crippen molar-refractivity contribution in [2.24, 2.45) is 11.7 Å². The van der Waals surface area contributed by atoms with E-state index in [0.717, 1.165) is 12.8 Å². The van der Waals surface area contributed by atoms with E-state index in [0.29, 0.717) is 18.9 Å². The Morgan fingerprint density at radius 3 is 2.40 bits per heavy atom. The minimum absolute atomic E-state index is 0.113. The molecule has 0 amide bonds. The average Bonchev–Trinajstić information content (AvgIpc) is 2.47. The standard InChI is InChI=1S/C16H25NO2S/c1-12(2)20(18,19)16-10-14(8-9-15(16)11-17)13-6-4-3-5-7-13/h3-7,12,14-16H,8-11,17H2,1-2H3. The van der Waals surface area contributed by atoms with Gasteiger partial charge in [-0.2, -0.15) is 0 Å². The highest BCUT2D eigenvalue weighted by molar-refractivity contribution is 7.92. The van der Waals surface area contributed by atoms with Crippen LogP contribution in [0.4, 0.5) is 0 Å². The predicted molar refractivity (Wildman–Crippen MR) is 83.4 cm³/mol. The molecule has 0 aliphatic heterocycles. The molecule has 1 fully saturated rings. The second-order valence-corrected chi connectivity index (χ2v) is 8.82. The topological polar surface area (TPSA) is 60.2 Å². The third kappa shape index (κ3) is 3.07. The first kappa shape index (κ1) is 15.5. The van der Waals surface area contributed by atoms with Crippen molar-refractivity contribution in [3.05, 3.63) is 35.9 Å². The van der Waals surface area contributed by atoms with E-state index in [1.54, 1.807) is 13.8 Å². The molecule has 3 nitrogen and oxygen atoms in total. The normalized spacial score (nSPS) is 27.7. The van der Waals surface area contributed by atoms with Crippen molar-refractivity contribution in [2.45, 2.75) is 49.5 Å². The zero-order valence-corrected chi connectivity index (χ0v) is 13.1. The van der Waals surface area contributed by atoms with Gasteiger partial charge >= 0.3 is 0 Å². The maximum atomic E-state index is 12.6. The molecule has 1 aliphatic carbocycles. The first-order chi connectivity index (χ1) is 9.46. The van der Waals surface area contributed by atoms with Crippen molar-refractivity contribution >= 4 is 9.84 Å². The fourth-order valence-electron chi connectivity index (χ4n) is 3.24. The smallest absolute Gasteiger partial charge is 0.155 e. The lowest BCUT2D eigenvalue weighted by Crippen LogP contribution is -2.42. The van der Waals surface area contributed by atoms with Gasteiger partial charge in [0.1, 0.15) is 0 Å². The van der Waals surface area contributed by atoms with Gasteiger partial charge in [-0.15, -0.1) is 0 Å². The van der Waals surface area contributed by atoms with Crippen LogP contribution < -0.4 is 5.73 Å².